The Morgan fingerprint density at radius 2 is 1.74 bits per heavy atom. The van der Waals surface area contributed by atoms with Crippen molar-refractivity contribution in [3.05, 3.63) is 69.8 Å². The Labute approximate surface area is 157 Å². The molecule has 1 fully saturated rings. The highest BCUT2D eigenvalue weighted by atomic mass is 32.2. The van der Waals surface area contributed by atoms with E-state index in [4.69, 9.17) is 0 Å². The molecule has 27 heavy (non-hydrogen) atoms. The molecule has 1 heterocycles. The third-order valence-corrected chi connectivity index (χ3v) is 5.88. The Morgan fingerprint density at radius 1 is 1.07 bits per heavy atom. The zero-order valence-corrected chi connectivity index (χ0v) is 15.3. The summed E-state index contributed by atoms with van der Waals surface area (Å²) >= 11 is 0. The molecule has 1 aliphatic rings. The van der Waals surface area contributed by atoms with Gasteiger partial charge in [-0.3, -0.25) is 14.9 Å². The SMILES string of the molecule is O=C1CCCN1Cc1ccccc1CNS(=O)(=O)c1ccc([N+](=O)[O-])cc1. The molecular weight excluding hydrogens is 370 g/mol. The van der Waals surface area contributed by atoms with E-state index in [0.717, 1.165) is 29.7 Å². The number of hydrogen-bond donors (Lipinski definition) is 1. The molecule has 0 bridgehead atoms. The van der Waals surface area contributed by atoms with E-state index < -0.39 is 14.9 Å². The van der Waals surface area contributed by atoms with E-state index in [1.54, 1.807) is 4.90 Å². The molecule has 0 aliphatic carbocycles. The Balaban J connectivity index is 1.72. The molecule has 142 valence electrons. The maximum atomic E-state index is 12.4. The Bertz CT molecular complexity index is 957. The van der Waals surface area contributed by atoms with Crippen molar-refractivity contribution in [2.24, 2.45) is 0 Å². The van der Waals surface area contributed by atoms with Crippen molar-refractivity contribution < 1.29 is 18.1 Å². The van der Waals surface area contributed by atoms with E-state index in [1.165, 1.54) is 12.1 Å². The second-order valence-electron chi connectivity index (χ2n) is 6.26. The van der Waals surface area contributed by atoms with Gasteiger partial charge in [0.1, 0.15) is 0 Å². The monoisotopic (exact) mass is 389 g/mol. The third-order valence-electron chi connectivity index (χ3n) is 4.46. The number of benzene rings is 2. The van der Waals surface area contributed by atoms with E-state index >= 15 is 0 Å². The van der Waals surface area contributed by atoms with Gasteiger partial charge in [0.2, 0.25) is 15.9 Å². The van der Waals surface area contributed by atoms with Crippen molar-refractivity contribution in [3.63, 3.8) is 0 Å². The lowest BCUT2D eigenvalue weighted by Gasteiger charge is -2.18. The lowest BCUT2D eigenvalue weighted by Crippen LogP contribution is -2.27. The molecule has 2 aromatic rings. The predicted octanol–water partition coefficient (Wildman–Crippen LogP) is 2.20. The van der Waals surface area contributed by atoms with Gasteiger partial charge in [-0.05, 0) is 29.7 Å². The van der Waals surface area contributed by atoms with Crippen LogP contribution in [0.2, 0.25) is 0 Å². The Kier molecular flexibility index (Phi) is 5.52. The van der Waals surface area contributed by atoms with Crippen LogP contribution < -0.4 is 4.72 Å². The van der Waals surface area contributed by atoms with Crippen molar-refractivity contribution in [2.75, 3.05) is 6.54 Å². The van der Waals surface area contributed by atoms with Crippen LogP contribution in [0.5, 0.6) is 0 Å². The quantitative estimate of drug-likeness (QED) is 0.577. The van der Waals surface area contributed by atoms with Crippen LogP contribution in [0.4, 0.5) is 5.69 Å². The fraction of sp³-hybridized carbons (Fsp3) is 0.278. The molecule has 0 aromatic heterocycles. The average molecular weight is 389 g/mol. The summed E-state index contributed by atoms with van der Waals surface area (Å²) in [5.41, 5.74) is 1.50. The van der Waals surface area contributed by atoms with E-state index in [9.17, 15) is 23.3 Å². The maximum Gasteiger partial charge on any atom is 0.269 e. The second kappa shape index (κ2) is 7.85. The first-order chi connectivity index (χ1) is 12.9. The van der Waals surface area contributed by atoms with Gasteiger partial charge in [0, 0.05) is 38.2 Å². The van der Waals surface area contributed by atoms with Gasteiger partial charge in [-0.2, -0.15) is 0 Å². The topological polar surface area (TPSA) is 110 Å². The number of amides is 1. The number of nitro benzene ring substituents is 1. The van der Waals surface area contributed by atoms with Crippen LogP contribution in [0.3, 0.4) is 0 Å². The van der Waals surface area contributed by atoms with Crippen molar-refractivity contribution in [1.82, 2.24) is 9.62 Å². The van der Waals surface area contributed by atoms with Gasteiger partial charge in [-0.1, -0.05) is 24.3 Å². The van der Waals surface area contributed by atoms with Crippen molar-refractivity contribution in [2.45, 2.75) is 30.8 Å². The summed E-state index contributed by atoms with van der Waals surface area (Å²) in [6.07, 6.45) is 1.39. The molecule has 0 unspecified atom stereocenters. The summed E-state index contributed by atoms with van der Waals surface area (Å²) in [6, 6.07) is 12.1. The third kappa shape index (κ3) is 4.50. The molecule has 0 atom stereocenters. The number of rotatable bonds is 7. The van der Waals surface area contributed by atoms with Crippen LogP contribution >= 0.6 is 0 Å². The van der Waals surface area contributed by atoms with Gasteiger partial charge in [0.15, 0.2) is 0 Å². The van der Waals surface area contributed by atoms with Crippen LogP contribution in [-0.4, -0.2) is 30.7 Å². The lowest BCUT2D eigenvalue weighted by atomic mass is 10.1. The normalized spacial score (nSPS) is 14.5. The number of non-ortho nitro benzene ring substituents is 1. The van der Waals surface area contributed by atoms with Crippen LogP contribution in [0, 0.1) is 10.1 Å². The summed E-state index contributed by atoms with van der Waals surface area (Å²) in [5, 5.41) is 10.7. The number of carbonyl (C=O) groups excluding carboxylic acids is 1. The summed E-state index contributed by atoms with van der Waals surface area (Å²) in [7, 11) is -3.81. The highest BCUT2D eigenvalue weighted by molar-refractivity contribution is 7.89. The molecule has 1 amide bonds. The van der Waals surface area contributed by atoms with E-state index in [0.29, 0.717) is 19.5 Å². The van der Waals surface area contributed by atoms with E-state index in [2.05, 4.69) is 4.72 Å². The molecule has 1 N–H and O–H groups in total. The standard InChI is InChI=1S/C18H19N3O5S/c22-18-6-3-11-20(18)13-15-5-2-1-4-14(15)12-19-27(25,26)17-9-7-16(8-10-17)21(23)24/h1-2,4-5,7-10,19H,3,6,11-13H2. The highest BCUT2D eigenvalue weighted by Gasteiger charge is 2.21. The molecule has 2 aromatic carbocycles. The minimum absolute atomic E-state index is 0.0414. The molecule has 9 heteroatoms. The van der Waals surface area contributed by atoms with Gasteiger partial charge < -0.3 is 4.90 Å². The molecule has 0 radical (unpaired) electrons. The number of nitro groups is 1. The number of sulfonamides is 1. The van der Waals surface area contributed by atoms with Gasteiger partial charge in [0.05, 0.1) is 9.82 Å². The Morgan fingerprint density at radius 3 is 2.33 bits per heavy atom. The molecule has 0 saturated carbocycles. The van der Waals surface area contributed by atoms with Gasteiger partial charge in [0.25, 0.3) is 5.69 Å². The van der Waals surface area contributed by atoms with Crippen LogP contribution in [0.1, 0.15) is 24.0 Å². The van der Waals surface area contributed by atoms with Gasteiger partial charge in [-0.25, -0.2) is 13.1 Å². The molecule has 1 aliphatic heterocycles. The lowest BCUT2D eigenvalue weighted by molar-refractivity contribution is -0.384. The van der Waals surface area contributed by atoms with Crippen molar-refractivity contribution in [3.8, 4) is 0 Å². The van der Waals surface area contributed by atoms with Crippen LogP contribution in [0.15, 0.2) is 53.4 Å². The first-order valence-corrected chi connectivity index (χ1v) is 9.94. The van der Waals surface area contributed by atoms with Crippen molar-refractivity contribution >= 4 is 21.6 Å². The summed E-state index contributed by atoms with van der Waals surface area (Å²) in [6.45, 7) is 1.23. The molecular formula is C18H19N3O5S. The zero-order valence-electron chi connectivity index (χ0n) is 14.5. The molecule has 1 saturated heterocycles. The van der Waals surface area contributed by atoms with Gasteiger partial charge in [-0.15, -0.1) is 0 Å². The number of hydrogen-bond acceptors (Lipinski definition) is 5. The summed E-state index contributed by atoms with van der Waals surface area (Å²) < 4.78 is 27.4. The number of nitrogens with zero attached hydrogens (tertiary/aromatic N) is 2. The van der Waals surface area contributed by atoms with E-state index in [-0.39, 0.29) is 23.0 Å². The van der Waals surface area contributed by atoms with Crippen LogP contribution in [0.25, 0.3) is 0 Å². The maximum absolute atomic E-state index is 12.4. The largest absolute Gasteiger partial charge is 0.338 e. The van der Waals surface area contributed by atoms with Gasteiger partial charge >= 0.3 is 0 Å². The fourth-order valence-corrected chi connectivity index (χ4v) is 3.97. The minimum Gasteiger partial charge on any atom is -0.338 e. The highest BCUT2D eigenvalue weighted by Crippen LogP contribution is 2.19. The smallest absolute Gasteiger partial charge is 0.269 e. The number of carbonyl (C=O) groups is 1. The summed E-state index contributed by atoms with van der Waals surface area (Å²) in [5.74, 6) is 0.108. The second-order valence-corrected chi connectivity index (χ2v) is 8.03. The summed E-state index contributed by atoms with van der Waals surface area (Å²) in [4.78, 5) is 23.7. The average Bonchev–Trinajstić information content (AvgIpc) is 3.06. The minimum atomic E-state index is -3.81. The first kappa shape index (κ1) is 19.0. The fourth-order valence-electron chi connectivity index (χ4n) is 2.96. The molecule has 8 nitrogen and oxygen atoms in total. The Hall–Kier alpha value is -2.78. The predicted molar refractivity (Wildman–Crippen MR) is 98.2 cm³/mol. The van der Waals surface area contributed by atoms with Crippen molar-refractivity contribution in [1.29, 1.82) is 0 Å². The van der Waals surface area contributed by atoms with E-state index in [1.807, 2.05) is 24.3 Å². The first-order valence-electron chi connectivity index (χ1n) is 8.45. The molecule has 0 spiro atoms. The number of nitrogens with one attached hydrogen (secondary N) is 1. The zero-order chi connectivity index (χ0) is 19.4. The number of likely N-dealkylation sites (tertiary alicyclic amines) is 1. The molecule has 3 rings (SSSR count). The van der Waals surface area contributed by atoms with Crippen LogP contribution in [-0.2, 0) is 27.9 Å².